The first-order chi connectivity index (χ1) is 9.61. The number of ether oxygens (including phenoxy) is 1. The lowest BCUT2D eigenvalue weighted by Gasteiger charge is -2.31. The van der Waals surface area contributed by atoms with E-state index in [9.17, 15) is 9.18 Å². The van der Waals surface area contributed by atoms with Crippen molar-refractivity contribution in [2.45, 2.75) is 20.1 Å². The van der Waals surface area contributed by atoms with Crippen LogP contribution in [0.3, 0.4) is 0 Å². The van der Waals surface area contributed by atoms with E-state index in [0.717, 1.165) is 18.7 Å². The number of amides is 1. The molecule has 1 aliphatic rings. The molecular formula is C15H21FN2O2. The number of benzene rings is 1. The van der Waals surface area contributed by atoms with Crippen molar-refractivity contribution in [1.29, 1.82) is 0 Å². The van der Waals surface area contributed by atoms with Gasteiger partial charge in [0.1, 0.15) is 5.82 Å². The van der Waals surface area contributed by atoms with Crippen LogP contribution in [0.1, 0.15) is 18.1 Å². The van der Waals surface area contributed by atoms with E-state index in [-0.39, 0.29) is 24.2 Å². The molecule has 0 radical (unpaired) electrons. The third-order valence-corrected chi connectivity index (χ3v) is 3.81. The summed E-state index contributed by atoms with van der Waals surface area (Å²) in [5, 5.41) is 6.07. The highest BCUT2D eigenvalue weighted by molar-refractivity contribution is 5.78. The quantitative estimate of drug-likeness (QED) is 0.829. The van der Waals surface area contributed by atoms with Gasteiger partial charge in [-0.25, -0.2) is 4.39 Å². The van der Waals surface area contributed by atoms with Crippen molar-refractivity contribution in [2.75, 3.05) is 20.2 Å². The molecule has 2 N–H and O–H groups in total. The van der Waals surface area contributed by atoms with Gasteiger partial charge in [0.15, 0.2) is 0 Å². The molecule has 1 amide bonds. The maximum atomic E-state index is 13.5. The molecule has 1 saturated heterocycles. The van der Waals surface area contributed by atoms with Crippen molar-refractivity contribution in [3.05, 3.63) is 35.1 Å². The monoisotopic (exact) mass is 280 g/mol. The summed E-state index contributed by atoms with van der Waals surface area (Å²) >= 11 is 0. The molecule has 1 fully saturated rings. The first kappa shape index (κ1) is 14.9. The number of hydrogen-bond donors (Lipinski definition) is 2. The Labute approximate surface area is 118 Å². The summed E-state index contributed by atoms with van der Waals surface area (Å²) in [5.41, 5.74) is 1.39. The van der Waals surface area contributed by atoms with Gasteiger partial charge in [0, 0.05) is 25.1 Å². The Morgan fingerprint density at radius 3 is 2.90 bits per heavy atom. The van der Waals surface area contributed by atoms with Crippen molar-refractivity contribution in [3.8, 4) is 0 Å². The number of rotatable bonds is 6. The average Bonchev–Trinajstić information content (AvgIpc) is 2.37. The Morgan fingerprint density at radius 1 is 1.55 bits per heavy atom. The minimum atomic E-state index is -0.282. The van der Waals surface area contributed by atoms with Gasteiger partial charge < -0.3 is 15.4 Å². The molecule has 1 unspecified atom stereocenters. The predicted octanol–water partition coefficient (Wildman–Crippen LogP) is 1.44. The normalized spacial score (nSPS) is 16.6. The number of carbonyl (C=O) groups excluding carboxylic acids is 1. The molecule has 1 aromatic rings. The summed E-state index contributed by atoms with van der Waals surface area (Å²) in [7, 11) is 1.53. The number of methoxy groups -OCH3 is 1. The molecule has 110 valence electrons. The van der Waals surface area contributed by atoms with Gasteiger partial charge in [0.05, 0.1) is 6.61 Å². The summed E-state index contributed by atoms with van der Waals surface area (Å²) in [6.07, 6.45) is 0. The highest BCUT2D eigenvalue weighted by Crippen LogP contribution is 2.16. The highest BCUT2D eigenvalue weighted by atomic mass is 19.1. The van der Waals surface area contributed by atoms with Crippen LogP contribution in [0.15, 0.2) is 18.2 Å². The van der Waals surface area contributed by atoms with Gasteiger partial charge in [-0.1, -0.05) is 13.0 Å². The van der Waals surface area contributed by atoms with Gasteiger partial charge in [0.25, 0.3) is 0 Å². The van der Waals surface area contributed by atoms with Crippen molar-refractivity contribution in [2.24, 2.45) is 11.8 Å². The molecule has 1 aliphatic heterocycles. The molecule has 0 saturated carbocycles. The molecule has 0 aromatic heterocycles. The van der Waals surface area contributed by atoms with E-state index >= 15 is 0 Å². The third kappa shape index (κ3) is 3.55. The van der Waals surface area contributed by atoms with Crippen LogP contribution in [0, 0.1) is 17.7 Å². The summed E-state index contributed by atoms with van der Waals surface area (Å²) in [5.74, 6) is 0.201. The summed E-state index contributed by atoms with van der Waals surface area (Å²) < 4.78 is 18.4. The Morgan fingerprint density at radius 2 is 2.30 bits per heavy atom. The van der Waals surface area contributed by atoms with Gasteiger partial charge in [-0.15, -0.1) is 0 Å². The molecule has 0 bridgehead atoms. The lowest BCUT2D eigenvalue weighted by atomic mass is 9.88. The Bertz CT molecular complexity index is 475. The number of nitrogens with one attached hydrogen (secondary N) is 2. The number of carbonyl (C=O) groups is 1. The van der Waals surface area contributed by atoms with Crippen LogP contribution >= 0.6 is 0 Å². The fraction of sp³-hybridized carbons (Fsp3) is 0.533. The Balaban J connectivity index is 1.89. The van der Waals surface area contributed by atoms with Gasteiger partial charge in [-0.05, 0) is 36.7 Å². The average molecular weight is 280 g/mol. The van der Waals surface area contributed by atoms with Gasteiger partial charge in [-0.2, -0.15) is 0 Å². The molecule has 1 heterocycles. The van der Waals surface area contributed by atoms with Crippen LogP contribution in [0.2, 0.25) is 0 Å². The molecule has 4 nitrogen and oxygen atoms in total. The molecule has 1 atom stereocenters. The molecular weight excluding hydrogens is 259 g/mol. The van der Waals surface area contributed by atoms with E-state index in [1.807, 2.05) is 6.92 Å². The van der Waals surface area contributed by atoms with E-state index in [1.54, 1.807) is 12.1 Å². The second-order valence-electron chi connectivity index (χ2n) is 5.28. The summed E-state index contributed by atoms with van der Waals surface area (Å²) in [4.78, 5) is 12.0. The van der Waals surface area contributed by atoms with Gasteiger partial charge >= 0.3 is 0 Å². The largest absolute Gasteiger partial charge is 0.380 e. The van der Waals surface area contributed by atoms with E-state index in [0.29, 0.717) is 18.0 Å². The smallest absolute Gasteiger partial charge is 0.223 e. The second-order valence-corrected chi connectivity index (χ2v) is 5.28. The second kappa shape index (κ2) is 6.81. The molecule has 5 heteroatoms. The van der Waals surface area contributed by atoms with E-state index in [2.05, 4.69) is 10.6 Å². The highest BCUT2D eigenvalue weighted by Gasteiger charge is 2.28. The van der Waals surface area contributed by atoms with Crippen LogP contribution in [0.5, 0.6) is 0 Å². The molecule has 2 rings (SSSR count). The zero-order valence-corrected chi connectivity index (χ0v) is 11.9. The van der Waals surface area contributed by atoms with Crippen molar-refractivity contribution in [1.82, 2.24) is 10.6 Å². The maximum absolute atomic E-state index is 13.5. The van der Waals surface area contributed by atoms with Gasteiger partial charge in [0.2, 0.25) is 5.91 Å². The van der Waals surface area contributed by atoms with Gasteiger partial charge in [-0.3, -0.25) is 4.79 Å². The van der Waals surface area contributed by atoms with E-state index in [4.69, 9.17) is 4.74 Å². The Hall–Kier alpha value is -1.46. The summed E-state index contributed by atoms with van der Waals surface area (Å²) in [6, 6.07) is 4.83. The van der Waals surface area contributed by atoms with Crippen molar-refractivity contribution < 1.29 is 13.9 Å². The van der Waals surface area contributed by atoms with E-state index in [1.165, 1.54) is 13.2 Å². The first-order valence-corrected chi connectivity index (χ1v) is 6.86. The fourth-order valence-electron chi connectivity index (χ4n) is 2.23. The standard InChI is InChI=1S/C15H21FN2O2/c1-10(13-7-17-8-13)15(19)18-6-11-3-4-14(16)12(5-11)9-20-2/h3-5,10,13,17H,6-9H2,1-2H3,(H,18,19). The molecule has 1 aromatic carbocycles. The van der Waals surface area contributed by atoms with Crippen molar-refractivity contribution >= 4 is 5.91 Å². The van der Waals surface area contributed by atoms with Crippen LogP contribution < -0.4 is 10.6 Å². The topological polar surface area (TPSA) is 50.4 Å². The van der Waals surface area contributed by atoms with Crippen LogP contribution in [-0.2, 0) is 22.7 Å². The molecule has 0 aliphatic carbocycles. The zero-order valence-electron chi connectivity index (χ0n) is 11.9. The number of halogens is 1. The van der Waals surface area contributed by atoms with Crippen LogP contribution in [0.4, 0.5) is 4.39 Å². The predicted molar refractivity (Wildman–Crippen MR) is 74.5 cm³/mol. The third-order valence-electron chi connectivity index (χ3n) is 3.81. The van der Waals surface area contributed by atoms with Crippen LogP contribution in [0.25, 0.3) is 0 Å². The number of hydrogen-bond acceptors (Lipinski definition) is 3. The lowest BCUT2D eigenvalue weighted by Crippen LogP contribution is -2.49. The maximum Gasteiger partial charge on any atom is 0.223 e. The minimum absolute atomic E-state index is 0.00939. The SMILES string of the molecule is COCc1cc(CNC(=O)C(C)C2CNC2)ccc1F. The fourth-order valence-corrected chi connectivity index (χ4v) is 2.23. The first-order valence-electron chi connectivity index (χ1n) is 6.86. The molecule has 0 spiro atoms. The molecule has 20 heavy (non-hydrogen) atoms. The Kier molecular flexibility index (Phi) is 5.09. The van der Waals surface area contributed by atoms with Crippen molar-refractivity contribution in [3.63, 3.8) is 0 Å². The minimum Gasteiger partial charge on any atom is -0.380 e. The van der Waals surface area contributed by atoms with E-state index < -0.39 is 0 Å². The zero-order chi connectivity index (χ0) is 14.5. The lowest BCUT2D eigenvalue weighted by molar-refractivity contribution is -0.126. The summed E-state index contributed by atoms with van der Waals surface area (Å²) in [6.45, 7) is 4.41. The van der Waals surface area contributed by atoms with Crippen LogP contribution in [-0.4, -0.2) is 26.1 Å².